The van der Waals surface area contributed by atoms with Gasteiger partial charge in [0.15, 0.2) is 0 Å². The van der Waals surface area contributed by atoms with Crippen LogP contribution >= 0.6 is 0 Å². The first-order valence-electron chi connectivity index (χ1n) is 34.1. The Balaban J connectivity index is -0.000000239. The van der Waals surface area contributed by atoms with Gasteiger partial charge < -0.3 is 0 Å². The Morgan fingerprint density at radius 2 is 0.653 bits per heavy atom. The lowest BCUT2D eigenvalue weighted by Gasteiger charge is -2.33. The molecule has 7 atom stereocenters. The molecule has 0 bridgehead atoms. The molecule has 0 amide bonds. The van der Waals surface area contributed by atoms with E-state index in [1.54, 1.807) is 0 Å². The van der Waals surface area contributed by atoms with Crippen molar-refractivity contribution >= 4 is 0 Å². The van der Waals surface area contributed by atoms with E-state index in [2.05, 4.69) is 187 Å². The van der Waals surface area contributed by atoms with Crippen molar-refractivity contribution in [3.63, 3.8) is 0 Å². The molecular weight excluding hydrogens is 865 g/mol. The fourth-order valence-corrected chi connectivity index (χ4v) is 12.3. The van der Waals surface area contributed by atoms with Gasteiger partial charge >= 0.3 is 0 Å². The van der Waals surface area contributed by atoms with Crippen LogP contribution in [0.5, 0.6) is 0 Å². The van der Waals surface area contributed by atoms with Crippen LogP contribution in [0.2, 0.25) is 0 Å². The minimum atomic E-state index is 0.625. The normalized spacial score (nSPS) is 24.0. The lowest BCUT2D eigenvalue weighted by Crippen LogP contribution is -2.21. The van der Waals surface area contributed by atoms with Crippen LogP contribution in [-0.2, 0) is 0 Å². The Hall–Kier alpha value is 0. The highest BCUT2D eigenvalue weighted by Gasteiger charge is 2.27. The van der Waals surface area contributed by atoms with Crippen molar-refractivity contribution in [3.8, 4) is 0 Å². The van der Waals surface area contributed by atoms with Crippen molar-refractivity contribution in [2.75, 3.05) is 0 Å². The van der Waals surface area contributed by atoms with Crippen LogP contribution in [0.1, 0.15) is 386 Å². The molecular formula is C72H154. The highest BCUT2D eigenvalue weighted by molar-refractivity contribution is 4.78. The van der Waals surface area contributed by atoms with Gasteiger partial charge in [0.25, 0.3) is 0 Å². The molecule has 0 nitrogen and oxygen atoms in total. The largest absolute Gasteiger partial charge is 0.0654 e. The average molecular weight is 1020 g/mol. The first kappa shape index (κ1) is 80.9. The summed E-state index contributed by atoms with van der Waals surface area (Å²) in [5.41, 5.74) is 1.96. The zero-order chi connectivity index (χ0) is 56.8. The SMILES string of the molecule is CCC(C)(CC)CC.CCC(CC)(CC)CC.CCC(CC)(CC)CC.CCC1CC(C)CC(CC)C1.CCC1CC(CC)CC(CC)C1.CCC1CCC[C@H]1C.CCCC(C)CC.CC[C@H](C)[C@@H](C)CC. The summed E-state index contributed by atoms with van der Waals surface area (Å²) in [5.74, 6) is 11.1. The van der Waals surface area contributed by atoms with E-state index < -0.39 is 0 Å². The maximum atomic E-state index is 2.42. The zero-order valence-electron chi connectivity index (χ0n) is 56.8. The minimum absolute atomic E-state index is 0.625. The first-order valence-corrected chi connectivity index (χ1v) is 34.1. The predicted molar refractivity (Wildman–Crippen MR) is 342 cm³/mol. The minimum Gasteiger partial charge on any atom is -0.0654 e. The van der Waals surface area contributed by atoms with Crippen molar-refractivity contribution in [3.05, 3.63) is 0 Å². The Bertz CT molecular complexity index is 912. The lowest BCUT2D eigenvalue weighted by molar-refractivity contribution is 0.183. The van der Waals surface area contributed by atoms with E-state index in [4.69, 9.17) is 0 Å². The molecule has 0 aromatic heterocycles. The Labute approximate surface area is 465 Å². The highest BCUT2D eigenvalue weighted by atomic mass is 14.3. The van der Waals surface area contributed by atoms with E-state index in [-0.39, 0.29) is 0 Å². The van der Waals surface area contributed by atoms with Crippen LogP contribution in [0.4, 0.5) is 0 Å². The van der Waals surface area contributed by atoms with E-state index in [0.29, 0.717) is 16.2 Å². The monoisotopic (exact) mass is 1020 g/mol. The molecule has 0 N–H and O–H groups in total. The molecule has 3 aliphatic carbocycles. The van der Waals surface area contributed by atoms with Crippen LogP contribution in [-0.4, -0.2) is 0 Å². The second kappa shape index (κ2) is 51.7. The van der Waals surface area contributed by atoms with E-state index >= 15 is 0 Å². The third kappa shape index (κ3) is 39.4. The Morgan fingerprint density at radius 1 is 0.361 bits per heavy atom. The maximum Gasteiger partial charge on any atom is -0.0308 e. The van der Waals surface area contributed by atoms with E-state index in [1.165, 1.54) is 199 Å². The molecule has 3 rings (SSSR count). The van der Waals surface area contributed by atoms with Gasteiger partial charge in [-0.3, -0.25) is 0 Å². The second-order valence-electron chi connectivity index (χ2n) is 25.7. The molecule has 0 heteroatoms. The zero-order valence-corrected chi connectivity index (χ0v) is 56.8. The van der Waals surface area contributed by atoms with Gasteiger partial charge in [-0.1, -0.05) is 347 Å². The van der Waals surface area contributed by atoms with Gasteiger partial charge in [-0.15, -0.1) is 0 Å². The first-order chi connectivity index (χ1) is 34.1. The second-order valence-corrected chi connectivity index (χ2v) is 25.7. The van der Waals surface area contributed by atoms with Gasteiger partial charge in [-0.05, 0) is 120 Å². The highest BCUT2D eigenvalue weighted by Crippen LogP contribution is 2.39. The maximum absolute atomic E-state index is 2.42. The van der Waals surface area contributed by atoms with Crippen molar-refractivity contribution < 1.29 is 0 Å². The van der Waals surface area contributed by atoms with Crippen molar-refractivity contribution in [1.82, 2.24) is 0 Å². The van der Waals surface area contributed by atoms with E-state index in [0.717, 1.165) is 65.1 Å². The molecule has 3 fully saturated rings. The third-order valence-electron chi connectivity index (χ3n) is 21.9. The van der Waals surface area contributed by atoms with Gasteiger partial charge in [0, 0.05) is 0 Å². The number of rotatable bonds is 23. The van der Waals surface area contributed by atoms with Gasteiger partial charge in [0.1, 0.15) is 0 Å². The molecule has 4 unspecified atom stereocenters. The molecule has 0 radical (unpaired) electrons. The van der Waals surface area contributed by atoms with E-state index in [1.807, 2.05) is 0 Å². The van der Waals surface area contributed by atoms with E-state index in [9.17, 15) is 0 Å². The van der Waals surface area contributed by atoms with Crippen LogP contribution in [0.25, 0.3) is 0 Å². The third-order valence-corrected chi connectivity index (χ3v) is 21.9. The molecule has 0 saturated heterocycles. The van der Waals surface area contributed by atoms with Crippen LogP contribution in [0.3, 0.4) is 0 Å². The van der Waals surface area contributed by atoms with Gasteiger partial charge in [-0.25, -0.2) is 0 Å². The predicted octanol–water partition coefficient (Wildman–Crippen LogP) is 27.3. The topological polar surface area (TPSA) is 0 Å². The molecule has 442 valence electrons. The fraction of sp³-hybridized carbons (Fsp3) is 1.00. The van der Waals surface area contributed by atoms with Gasteiger partial charge in [0.2, 0.25) is 0 Å². The molecule has 0 aromatic rings. The van der Waals surface area contributed by atoms with Crippen molar-refractivity contribution in [2.24, 2.45) is 81.3 Å². The Morgan fingerprint density at radius 3 is 0.778 bits per heavy atom. The van der Waals surface area contributed by atoms with Crippen molar-refractivity contribution in [1.29, 1.82) is 0 Å². The summed E-state index contributed by atoms with van der Waals surface area (Å²) in [5, 5.41) is 0. The number of hydrogen-bond donors (Lipinski definition) is 0. The molecule has 0 heterocycles. The molecule has 0 aliphatic heterocycles. The summed E-state index contributed by atoms with van der Waals surface area (Å²) in [7, 11) is 0. The van der Waals surface area contributed by atoms with Crippen LogP contribution in [0.15, 0.2) is 0 Å². The molecule has 3 saturated carbocycles. The molecule has 72 heavy (non-hydrogen) atoms. The lowest BCUT2D eigenvalue weighted by atomic mass is 9.72. The molecule has 3 aliphatic rings. The van der Waals surface area contributed by atoms with Crippen LogP contribution in [0, 0.1) is 81.3 Å². The molecule has 0 aromatic carbocycles. The van der Waals surface area contributed by atoms with Gasteiger partial charge in [0.05, 0.1) is 0 Å². The average Bonchev–Trinajstić information content (AvgIpc) is 3.86. The summed E-state index contributed by atoms with van der Waals surface area (Å²) in [6, 6.07) is 0. The quantitative estimate of drug-likeness (QED) is 0.0957. The smallest absolute Gasteiger partial charge is 0.0308 e. The van der Waals surface area contributed by atoms with Crippen molar-refractivity contribution in [2.45, 2.75) is 386 Å². The summed E-state index contributed by atoms with van der Waals surface area (Å²) in [6.07, 6.45) is 43.4. The summed E-state index contributed by atoms with van der Waals surface area (Å²) in [6.45, 7) is 62.4. The van der Waals surface area contributed by atoms with Gasteiger partial charge in [-0.2, -0.15) is 0 Å². The summed E-state index contributed by atoms with van der Waals surface area (Å²) >= 11 is 0. The van der Waals surface area contributed by atoms with Crippen LogP contribution < -0.4 is 0 Å². The fourth-order valence-electron chi connectivity index (χ4n) is 12.3. The summed E-state index contributed by atoms with van der Waals surface area (Å²) in [4.78, 5) is 0. The Kier molecular flexibility index (Phi) is 58.1. The molecule has 0 spiro atoms. The standard InChI is InChI=1S/C12H24.C11H22.2C9H20.C8H16.2C8H18.C7H16/c1-4-10-7-11(5-2)9-12(6-3)8-10;1-4-10-6-9(3)7-11(5-2)8-10;2*1-5-9(6-2,7-3)8-4;1-3-8-6-4-5-7(8)2;1-5-8(4,6-2)7-3;1-5-7(3)8(4)6-2;1-4-6-7(3)5-2/h10-12H,4-9H2,1-3H3;9-11H,4-8H2,1-3H3;2*5-8H2,1-4H3;7-8H,3-6H2,1-2H3;5-7H2,1-4H3;7-8H,5-6H2,1-4H3;7H,4-6H2,1-3H3/t;;;;7-,8?;;7-,8-;/m....1.0./s1. The summed E-state index contributed by atoms with van der Waals surface area (Å²) < 4.78 is 0. The number of hydrogen-bond acceptors (Lipinski definition) is 0.